The van der Waals surface area contributed by atoms with E-state index in [9.17, 15) is 9.18 Å². The number of nitrogens with zero attached hydrogens (tertiary/aromatic N) is 2. The van der Waals surface area contributed by atoms with E-state index in [4.69, 9.17) is 9.26 Å². The molecule has 0 saturated heterocycles. The van der Waals surface area contributed by atoms with E-state index >= 15 is 0 Å². The third-order valence-corrected chi connectivity index (χ3v) is 3.91. The fourth-order valence-corrected chi connectivity index (χ4v) is 2.36. The molecule has 0 saturated carbocycles. The third-order valence-electron chi connectivity index (χ3n) is 3.91. The molecule has 2 aromatic carbocycles. The molecule has 0 aliphatic rings. The Bertz CT molecular complexity index is 929. The number of hydrogen-bond acceptors (Lipinski definition) is 5. The lowest BCUT2D eigenvalue weighted by atomic mass is 9.97. The van der Waals surface area contributed by atoms with Gasteiger partial charge in [-0.2, -0.15) is 4.98 Å². The van der Waals surface area contributed by atoms with Gasteiger partial charge in [-0.05, 0) is 48.5 Å². The van der Waals surface area contributed by atoms with Gasteiger partial charge in [0.25, 0.3) is 0 Å². The maximum absolute atomic E-state index is 12.8. The van der Waals surface area contributed by atoms with Crippen molar-refractivity contribution in [1.82, 2.24) is 10.1 Å². The Morgan fingerprint density at radius 3 is 2.39 bits per heavy atom. The van der Waals surface area contributed by atoms with Crippen LogP contribution in [-0.2, 0) is 10.2 Å². The lowest BCUT2D eigenvalue weighted by molar-refractivity contribution is -0.116. The van der Waals surface area contributed by atoms with Gasteiger partial charge in [-0.3, -0.25) is 4.79 Å². The van der Waals surface area contributed by atoms with E-state index < -0.39 is 0 Å². The lowest BCUT2D eigenvalue weighted by Crippen LogP contribution is -2.15. The topological polar surface area (TPSA) is 77.2 Å². The standard InChI is InChI=1S/C21H22FN3O3/c1-21(2,3)20-24-19(25-28-20)14-4-8-16(9-5-14)23-18(26)12-13-27-17-10-6-15(22)7-11-17/h4-11H,12-13H2,1-3H3,(H,23,26). The minimum atomic E-state index is -0.330. The molecule has 1 aromatic heterocycles. The number of ether oxygens (including phenoxy) is 1. The number of rotatable bonds is 6. The smallest absolute Gasteiger partial charge is 0.232 e. The average molecular weight is 383 g/mol. The summed E-state index contributed by atoms with van der Waals surface area (Å²) in [5, 5.41) is 6.81. The van der Waals surface area contributed by atoms with Crippen molar-refractivity contribution in [2.45, 2.75) is 32.6 Å². The summed E-state index contributed by atoms with van der Waals surface area (Å²) in [6.07, 6.45) is 0.179. The van der Waals surface area contributed by atoms with Gasteiger partial charge in [0.05, 0.1) is 13.0 Å². The highest BCUT2D eigenvalue weighted by Crippen LogP contribution is 2.24. The first kappa shape index (κ1) is 19.5. The van der Waals surface area contributed by atoms with E-state index in [0.29, 0.717) is 23.2 Å². The Kier molecular flexibility index (Phi) is 5.73. The van der Waals surface area contributed by atoms with Crippen molar-refractivity contribution in [3.63, 3.8) is 0 Å². The van der Waals surface area contributed by atoms with Gasteiger partial charge in [-0.1, -0.05) is 25.9 Å². The largest absolute Gasteiger partial charge is 0.493 e. The predicted octanol–water partition coefficient (Wildman–Crippen LogP) is 4.58. The molecule has 3 aromatic rings. The number of benzene rings is 2. The Morgan fingerprint density at radius 1 is 1.11 bits per heavy atom. The van der Waals surface area contributed by atoms with Gasteiger partial charge in [0, 0.05) is 16.7 Å². The van der Waals surface area contributed by atoms with Crippen LogP contribution in [0.25, 0.3) is 11.4 Å². The Morgan fingerprint density at radius 2 is 1.79 bits per heavy atom. The highest BCUT2D eigenvalue weighted by Gasteiger charge is 2.22. The van der Waals surface area contributed by atoms with Crippen molar-refractivity contribution in [1.29, 1.82) is 0 Å². The van der Waals surface area contributed by atoms with Gasteiger partial charge in [-0.25, -0.2) is 4.39 Å². The van der Waals surface area contributed by atoms with Crippen molar-refractivity contribution in [2.24, 2.45) is 0 Å². The fourth-order valence-electron chi connectivity index (χ4n) is 2.36. The zero-order valence-corrected chi connectivity index (χ0v) is 16.0. The summed E-state index contributed by atoms with van der Waals surface area (Å²) in [7, 11) is 0. The number of anilines is 1. The number of carbonyl (C=O) groups excluding carboxylic acids is 1. The fraction of sp³-hybridized carbons (Fsp3) is 0.286. The number of hydrogen-bond donors (Lipinski definition) is 1. The molecule has 0 unspecified atom stereocenters. The highest BCUT2D eigenvalue weighted by molar-refractivity contribution is 5.91. The van der Waals surface area contributed by atoms with Crippen LogP contribution < -0.4 is 10.1 Å². The first-order chi connectivity index (χ1) is 13.3. The molecule has 3 rings (SSSR count). The highest BCUT2D eigenvalue weighted by atomic mass is 19.1. The minimum absolute atomic E-state index is 0.176. The second-order valence-corrected chi connectivity index (χ2v) is 7.35. The van der Waals surface area contributed by atoms with Crippen LogP contribution in [0.2, 0.25) is 0 Å². The molecule has 1 heterocycles. The molecule has 6 nitrogen and oxygen atoms in total. The van der Waals surface area contributed by atoms with Crippen LogP contribution in [-0.4, -0.2) is 22.7 Å². The molecular formula is C21H22FN3O3. The molecule has 146 valence electrons. The van der Waals surface area contributed by atoms with E-state index in [1.165, 1.54) is 24.3 Å². The molecule has 7 heteroatoms. The molecule has 0 radical (unpaired) electrons. The van der Waals surface area contributed by atoms with Gasteiger partial charge in [-0.15, -0.1) is 0 Å². The van der Waals surface area contributed by atoms with Gasteiger partial charge in [0.2, 0.25) is 17.6 Å². The quantitative estimate of drug-likeness (QED) is 0.674. The number of nitrogens with one attached hydrogen (secondary N) is 1. The van der Waals surface area contributed by atoms with E-state index in [1.807, 2.05) is 32.9 Å². The number of amides is 1. The zero-order valence-electron chi connectivity index (χ0n) is 16.0. The molecule has 0 aliphatic heterocycles. The lowest BCUT2D eigenvalue weighted by Gasteiger charge is -2.10. The maximum Gasteiger partial charge on any atom is 0.232 e. The molecule has 28 heavy (non-hydrogen) atoms. The van der Waals surface area contributed by atoms with E-state index in [-0.39, 0.29) is 30.2 Å². The molecular weight excluding hydrogens is 361 g/mol. The zero-order chi connectivity index (χ0) is 20.1. The van der Waals surface area contributed by atoms with Crippen LogP contribution in [0.1, 0.15) is 33.1 Å². The SMILES string of the molecule is CC(C)(C)c1nc(-c2ccc(NC(=O)CCOc3ccc(F)cc3)cc2)no1. The molecule has 0 bridgehead atoms. The summed E-state index contributed by atoms with van der Waals surface area (Å²) in [5.41, 5.74) is 1.25. The Labute approximate surface area is 162 Å². The maximum atomic E-state index is 12.8. The summed E-state index contributed by atoms with van der Waals surface area (Å²) in [6, 6.07) is 12.9. The molecule has 0 spiro atoms. The van der Waals surface area contributed by atoms with Crippen LogP contribution in [0.3, 0.4) is 0 Å². The van der Waals surface area contributed by atoms with Crippen LogP contribution in [0, 0.1) is 5.82 Å². The van der Waals surface area contributed by atoms with Crippen LogP contribution >= 0.6 is 0 Å². The van der Waals surface area contributed by atoms with E-state index in [0.717, 1.165) is 5.56 Å². The number of carbonyl (C=O) groups is 1. The second-order valence-electron chi connectivity index (χ2n) is 7.35. The summed E-state index contributed by atoms with van der Waals surface area (Å²) >= 11 is 0. The van der Waals surface area contributed by atoms with Crippen molar-refractivity contribution >= 4 is 11.6 Å². The van der Waals surface area contributed by atoms with E-state index in [2.05, 4.69) is 15.5 Å². The van der Waals surface area contributed by atoms with Gasteiger partial charge in [0.15, 0.2) is 0 Å². The van der Waals surface area contributed by atoms with Crippen molar-refractivity contribution in [2.75, 3.05) is 11.9 Å². The second kappa shape index (κ2) is 8.21. The van der Waals surface area contributed by atoms with Crippen LogP contribution in [0.15, 0.2) is 53.1 Å². The summed E-state index contributed by atoms with van der Waals surface area (Å²) in [4.78, 5) is 16.4. The number of halogens is 1. The number of aromatic nitrogens is 2. The minimum Gasteiger partial charge on any atom is -0.493 e. The van der Waals surface area contributed by atoms with Crippen molar-refractivity contribution < 1.29 is 18.4 Å². The van der Waals surface area contributed by atoms with Crippen LogP contribution in [0.5, 0.6) is 5.75 Å². The normalized spacial score (nSPS) is 11.3. The van der Waals surface area contributed by atoms with Crippen molar-refractivity contribution in [3.8, 4) is 17.1 Å². The molecule has 1 amide bonds. The van der Waals surface area contributed by atoms with Gasteiger partial charge in [0.1, 0.15) is 11.6 Å². The average Bonchev–Trinajstić information content (AvgIpc) is 3.15. The first-order valence-electron chi connectivity index (χ1n) is 8.94. The van der Waals surface area contributed by atoms with Gasteiger partial charge >= 0.3 is 0 Å². The first-order valence-corrected chi connectivity index (χ1v) is 8.94. The Balaban J connectivity index is 1.51. The summed E-state index contributed by atoms with van der Waals surface area (Å²) in [5.74, 6) is 1.10. The molecule has 0 fully saturated rings. The van der Waals surface area contributed by atoms with E-state index in [1.54, 1.807) is 12.1 Å². The van der Waals surface area contributed by atoms with Gasteiger partial charge < -0.3 is 14.6 Å². The monoisotopic (exact) mass is 383 g/mol. The molecule has 0 aliphatic carbocycles. The summed E-state index contributed by atoms with van der Waals surface area (Å²) in [6.45, 7) is 6.21. The summed E-state index contributed by atoms with van der Waals surface area (Å²) < 4.78 is 23.6. The van der Waals surface area contributed by atoms with Crippen LogP contribution in [0.4, 0.5) is 10.1 Å². The molecule has 1 N–H and O–H groups in total. The van der Waals surface area contributed by atoms with Crippen molar-refractivity contribution in [3.05, 3.63) is 60.2 Å². The predicted molar refractivity (Wildman–Crippen MR) is 104 cm³/mol. The third kappa shape index (κ3) is 5.16. The molecule has 0 atom stereocenters. The Hall–Kier alpha value is -3.22.